The van der Waals surface area contributed by atoms with Crippen LogP contribution in [-0.4, -0.2) is 46.3 Å². The molecule has 0 N–H and O–H groups in total. The highest BCUT2D eigenvalue weighted by Gasteiger charge is 2.61. The Morgan fingerprint density at radius 1 is 0.816 bits per heavy atom. The maximum Gasteiger partial charge on any atom is 0.226 e. The van der Waals surface area contributed by atoms with Crippen molar-refractivity contribution in [2.24, 2.45) is 0 Å². The summed E-state index contributed by atoms with van der Waals surface area (Å²) in [6.07, 6.45) is 0.893. The Labute approximate surface area is 221 Å². The summed E-state index contributed by atoms with van der Waals surface area (Å²) in [6.45, 7) is 0.143. The topological polar surface area (TPSA) is 100 Å². The molecule has 0 saturated heterocycles. The van der Waals surface area contributed by atoms with Gasteiger partial charge in [-0.2, -0.15) is 4.31 Å². The van der Waals surface area contributed by atoms with Gasteiger partial charge in [-0.25, -0.2) is 8.42 Å². The van der Waals surface area contributed by atoms with Gasteiger partial charge in [0.05, 0.1) is 28.4 Å². The third kappa shape index (κ3) is 4.43. The highest BCUT2D eigenvalue weighted by molar-refractivity contribution is 7.90. The molecule has 0 unspecified atom stereocenters. The number of hydrogen-bond acceptors (Lipinski definition) is 8. The lowest BCUT2D eigenvalue weighted by Crippen LogP contribution is -2.38. The minimum absolute atomic E-state index is 0.0716. The molecule has 9 nitrogen and oxygen atoms in total. The fraction of sp³-hybridized carbons (Fsp3) is 0.321. The molecule has 38 heavy (non-hydrogen) atoms. The van der Waals surface area contributed by atoms with E-state index >= 15 is 0 Å². The third-order valence-electron chi connectivity index (χ3n) is 7.03. The van der Waals surface area contributed by atoms with Crippen LogP contribution in [0.4, 0.5) is 0 Å². The zero-order valence-electron chi connectivity index (χ0n) is 21.8. The SMILES string of the molecule is COc1ccc(CN(Cc2ccc(OC)cc2OC)S(=O)(=O)C2(c3noc4ccccc34)CC2)c(OC)c1. The minimum atomic E-state index is -3.94. The number of fused-ring (bicyclic) bond motifs is 1. The first-order valence-electron chi connectivity index (χ1n) is 12.1. The van der Waals surface area contributed by atoms with Crippen molar-refractivity contribution < 1.29 is 31.9 Å². The van der Waals surface area contributed by atoms with E-state index in [4.69, 9.17) is 23.5 Å². The van der Waals surface area contributed by atoms with Crippen LogP contribution < -0.4 is 18.9 Å². The van der Waals surface area contributed by atoms with Crippen LogP contribution in [0, 0.1) is 0 Å². The molecule has 1 aromatic heterocycles. The van der Waals surface area contributed by atoms with Gasteiger partial charge in [0.15, 0.2) is 5.58 Å². The molecular weight excluding hydrogens is 508 g/mol. The Kier molecular flexibility index (Phi) is 6.93. The van der Waals surface area contributed by atoms with Crippen molar-refractivity contribution in [2.45, 2.75) is 30.7 Å². The highest BCUT2D eigenvalue weighted by Crippen LogP contribution is 2.55. The molecule has 1 aliphatic carbocycles. The summed E-state index contributed by atoms with van der Waals surface area (Å²) >= 11 is 0. The summed E-state index contributed by atoms with van der Waals surface area (Å²) < 4.78 is 56.7. The van der Waals surface area contributed by atoms with Crippen LogP contribution in [0.1, 0.15) is 29.7 Å². The molecule has 4 aromatic rings. The Balaban J connectivity index is 1.60. The molecule has 0 amide bonds. The summed E-state index contributed by atoms with van der Waals surface area (Å²) in [6, 6.07) is 18.0. The van der Waals surface area contributed by atoms with E-state index < -0.39 is 14.8 Å². The second-order valence-electron chi connectivity index (χ2n) is 9.15. The van der Waals surface area contributed by atoms with Gasteiger partial charge >= 0.3 is 0 Å². The summed E-state index contributed by atoms with van der Waals surface area (Å²) in [5.41, 5.74) is 2.40. The van der Waals surface area contributed by atoms with Crippen LogP contribution in [0.2, 0.25) is 0 Å². The second kappa shape index (κ2) is 10.2. The molecular formula is C28H30N2O7S. The number of ether oxygens (including phenoxy) is 4. The van der Waals surface area contributed by atoms with Gasteiger partial charge in [0.2, 0.25) is 10.0 Å². The fourth-order valence-corrected chi connectivity index (χ4v) is 6.88. The standard InChI is InChI=1S/C28H30N2O7S/c1-33-21-11-9-19(25(15-21)35-3)17-30(18-20-10-12-22(34-2)16-26(20)36-4)38(31,32)28(13-14-28)27-23-7-5-6-8-24(23)37-29-27/h5-12,15-16H,13-14,17-18H2,1-4H3. The van der Waals surface area contributed by atoms with Crippen LogP contribution in [-0.2, 0) is 27.9 Å². The van der Waals surface area contributed by atoms with E-state index in [1.807, 2.05) is 30.3 Å². The maximum atomic E-state index is 14.5. The van der Waals surface area contributed by atoms with Gasteiger partial charge in [-0.3, -0.25) is 0 Å². The van der Waals surface area contributed by atoms with Crippen molar-refractivity contribution >= 4 is 21.0 Å². The van der Waals surface area contributed by atoms with E-state index in [1.54, 1.807) is 58.8 Å². The van der Waals surface area contributed by atoms with Gasteiger partial charge in [-0.15, -0.1) is 0 Å². The average Bonchev–Trinajstić information content (AvgIpc) is 3.66. The van der Waals surface area contributed by atoms with Crippen LogP contribution in [0.15, 0.2) is 65.2 Å². The van der Waals surface area contributed by atoms with E-state index in [9.17, 15) is 8.42 Å². The van der Waals surface area contributed by atoms with E-state index in [1.165, 1.54) is 4.31 Å². The lowest BCUT2D eigenvalue weighted by molar-refractivity contribution is 0.353. The molecule has 1 saturated carbocycles. The van der Waals surface area contributed by atoms with Crippen LogP contribution in [0.3, 0.4) is 0 Å². The normalized spacial score (nSPS) is 14.4. The molecule has 0 aliphatic heterocycles. The quantitative estimate of drug-likeness (QED) is 0.266. The molecule has 1 heterocycles. The monoisotopic (exact) mass is 538 g/mol. The summed E-state index contributed by atoms with van der Waals surface area (Å²) in [5.74, 6) is 2.29. The number of methoxy groups -OCH3 is 4. The average molecular weight is 539 g/mol. The number of benzene rings is 3. The van der Waals surface area contributed by atoms with Crippen molar-refractivity contribution in [1.29, 1.82) is 0 Å². The molecule has 3 aromatic carbocycles. The van der Waals surface area contributed by atoms with E-state index in [-0.39, 0.29) is 13.1 Å². The van der Waals surface area contributed by atoms with Gasteiger partial charge in [0.25, 0.3) is 0 Å². The molecule has 0 radical (unpaired) electrons. The van der Waals surface area contributed by atoms with Crippen molar-refractivity contribution in [2.75, 3.05) is 28.4 Å². The zero-order chi connectivity index (χ0) is 26.9. The molecule has 1 fully saturated rings. The Morgan fingerprint density at radius 3 is 1.87 bits per heavy atom. The predicted octanol–water partition coefficient (Wildman–Crippen LogP) is 4.88. The van der Waals surface area contributed by atoms with Crippen LogP contribution in [0.5, 0.6) is 23.0 Å². The zero-order valence-corrected chi connectivity index (χ0v) is 22.6. The number of hydrogen-bond donors (Lipinski definition) is 0. The molecule has 10 heteroatoms. The lowest BCUT2D eigenvalue weighted by atomic mass is 10.1. The predicted molar refractivity (Wildman–Crippen MR) is 142 cm³/mol. The van der Waals surface area contributed by atoms with Crippen molar-refractivity contribution in [3.8, 4) is 23.0 Å². The molecule has 1 aliphatic rings. The molecule has 0 bridgehead atoms. The van der Waals surface area contributed by atoms with Crippen molar-refractivity contribution in [1.82, 2.24) is 9.46 Å². The molecule has 0 spiro atoms. The Morgan fingerprint density at radius 2 is 1.37 bits per heavy atom. The first-order chi connectivity index (χ1) is 18.4. The Hall–Kier alpha value is -3.76. The summed E-state index contributed by atoms with van der Waals surface area (Å²) in [4.78, 5) is 0. The first-order valence-corrected chi connectivity index (χ1v) is 13.6. The first kappa shape index (κ1) is 25.9. The van der Waals surface area contributed by atoms with Crippen molar-refractivity contribution in [3.05, 3.63) is 77.5 Å². The van der Waals surface area contributed by atoms with E-state index in [0.29, 0.717) is 63.6 Å². The number of sulfonamides is 1. The number of aromatic nitrogens is 1. The van der Waals surface area contributed by atoms with Crippen molar-refractivity contribution in [3.63, 3.8) is 0 Å². The molecule has 5 rings (SSSR count). The van der Waals surface area contributed by atoms with Gasteiger partial charge in [0.1, 0.15) is 33.4 Å². The maximum absolute atomic E-state index is 14.5. The molecule has 200 valence electrons. The van der Waals surface area contributed by atoms with Gasteiger partial charge in [-0.05, 0) is 37.1 Å². The van der Waals surface area contributed by atoms with Crippen LogP contribution >= 0.6 is 0 Å². The fourth-order valence-electron chi connectivity index (χ4n) is 4.76. The van der Waals surface area contributed by atoms with Gasteiger partial charge in [-0.1, -0.05) is 29.4 Å². The van der Waals surface area contributed by atoms with Crippen LogP contribution in [0.25, 0.3) is 11.0 Å². The minimum Gasteiger partial charge on any atom is -0.497 e. The summed E-state index contributed by atoms with van der Waals surface area (Å²) in [5, 5.41) is 4.95. The Bertz CT molecular complexity index is 1500. The lowest BCUT2D eigenvalue weighted by Gasteiger charge is -2.28. The third-order valence-corrected chi connectivity index (χ3v) is 9.56. The second-order valence-corrected chi connectivity index (χ2v) is 11.4. The number of nitrogens with zero attached hydrogens (tertiary/aromatic N) is 2. The van der Waals surface area contributed by atoms with E-state index in [2.05, 4.69) is 5.16 Å². The molecule has 0 atom stereocenters. The number of para-hydroxylation sites is 1. The number of rotatable bonds is 11. The largest absolute Gasteiger partial charge is 0.497 e. The highest BCUT2D eigenvalue weighted by atomic mass is 32.2. The summed E-state index contributed by atoms with van der Waals surface area (Å²) in [7, 11) is 2.29. The van der Waals surface area contributed by atoms with Gasteiger partial charge in [0, 0.05) is 41.7 Å². The van der Waals surface area contributed by atoms with E-state index in [0.717, 1.165) is 0 Å². The van der Waals surface area contributed by atoms with Gasteiger partial charge < -0.3 is 23.5 Å². The smallest absolute Gasteiger partial charge is 0.226 e.